The van der Waals surface area contributed by atoms with Crippen molar-refractivity contribution < 1.29 is 37.6 Å². The van der Waals surface area contributed by atoms with Crippen molar-refractivity contribution in [1.29, 1.82) is 0 Å². The molecular weight excluding hydrogens is 811 g/mol. The number of nitrogens with one attached hydrogen (secondary N) is 1. The summed E-state index contributed by atoms with van der Waals surface area (Å²) in [6.07, 6.45) is 14.2. The van der Waals surface area contributed by atoms with Gasteiger partial charge in [-0.25, -0.2) is 4.39 Å². The first-order valence-electron chi connectivity index (χ1n) is 20.9. The van der Waals surface area contributed by atoms with Gasteiger partial charge in [0.2, 0.25) is 24.0 Å². The maximum absolute atomic E-state index is 15.6. The molecule has 6 heterocycles. The summed E-state index contributed by atoms with van der Waals surface area (Å²) in [6, 6.07) is 3.29. The second-order valence-corrected chi connectivity index (χ2v) is 17.2. The molecule has 3 aromatic rings. The van der Waals surface area contributed by atoms with E-state index in [1.165, 1.54) is 12.5 Å². The van der Waals surface area contributed by atoms with Crippen LogP contribution in [0.5, 0.6) is 0 Å². The minimum atomic E-state index is -1.28. The van der Waals surface area contributed by atoms with Crippen molar-refractivity contribution in [3.8, 4) is 0 Å². The predicted molar refractivity (Wildman–Crippen MR) is 217 cm³/mol. The summed E-state index contributed by atoms with van der Waals surface area (Å²) in [5, 5.41) is 14.6. The lowest BCUT2D eigenvalue weighted by atomic mass is 9.77. The van der Waals surface area contributed by atoms with Crippen LogP contribution >= 0.6 is 11.6 Å². The van der Waals surface area contributed by atoms with Crippen LogP contribution in [0, 0.1) is 11.7 Å². The quantitative estimate of drug-likeness (QED) is 0.222. The Labute approximate surface area is 355 Å². The van der Waals surface area contributed by atoms with Crippen molar-refractivity contribution in [1.82, 2.24) is 35.5 Å². The highest BCUT2D eigenvalue weighted by Crippen LogP contribution is 2.50. The van der Waals surface area contributed by atoms with Gasteiger partial charge in [-0.3, -0.25) is 39.1 Å². The van der Waals surface area contributed by atoms with Crippen LogP contribution in [0.1, 0.15) is 100 Å². The molecule has 0 bridgehead atoms. The number of carbonyl (C=O) groups excluding carboxylic acids is 5. The van der Waals surface area contributed by atoms with Crippen LogP contribution in [0.25, 0.3) is 0 Å². The van der Waals surface area contributed by atoms with Gasteiger partial charge >= 0.3 is 0 Å². The number of nitrogens with two attached hydrogens (primary N) is 1. The van der Waals surface area contributed by atoms with Crippen molar-refractivity contribution in [3.05, 3.63) is 82.9 Å². The lowest BCUT2D eigenvalue weighted by Gasteiger charge is -2.46. The molecule has 4 aliphatic heterocycles. The fraction of sp³-hybridized carbons (Fsp3) is 0.500. The number of halogens is 2. The summed E-state index contributed by atoms with van der Waals surface area (Å²) in [7, 11) is 0. The van der Waals surface area contributed by atoms with E-state index in [1.807, 2.05) is 35.3 Å². The number of piperazine rings is 1. The molecule has 2 aliphatic carbocycles. The van der Waals surface area contributed by atoms with E-state index in [2.05, 4.69) is 35.5 Å². The summed E-state index contributed by atoms with van der Waals surface area (Å²) >= 11 is 6.97. The van der Waals surface area contributed by atoms with Gasteiger partial charge in [-0.2, -0.15) is 4.98 Å². The molecule has 6 aliphatic rings. The first-order valence-corrected chi connectivity index (χ1v) is 21.3. The van der Waals surface area contributed by atoms with E-state index in [-0.39, 0.29) is 41.2 Å². The van der Waals surface area contributed by atoms with E-state index in [9.17, 15) is 24.0 Å². The van der Waals surface area contributed by atoms with Gasteiger partial charge in [0, 0.05) is 57.8 Å². The number of fused-ring (bicyclic) bond motifs is 1. The first-order chi connectivity index (χ1) is 29.5. The number of nitrogens with zero attached hydrogens (tertiary/aromatic N) is 8. The number of allylic oxidation sites excluding steroid dienone is 2. The number of primary amides is 1. The molecule has 1 aromatic carbocycles. The van der Waals surface area contributed by atoms with Gasteiger partial charge in [-0.05, 0) is 62.3 Å². The monoisotopic (exact) mass is 856 g/mol. The first kappa shape index (κ1) is 40.8. The highest BCUT2D eigenvalue weighted by atomic mass is 35.5. The summed E-state index contributed by atoms with van der Waals surface area (Å²) < 4.78 is 27.9. The van der Waals surface area contributed by atoms with E-state index < -0.39 is 58.0 Å². The van der Waals surface area contributed by atoms with Gasteiger partial charge in [0.25, 0.3) is 17.7 Å². The van der Waals surface area contributed by atoms with Gasteiger partial charge in [-0.1, -0.05) is 42.6 Å². The molecule has 0 spiro atoms. The van der Waals surface area contributed by atoms with Gasteiger partial charge in [0.05, 0.1) is 27.8 Å². The molecule has 3 saturated heterocycles. The fourth-order valence-electron chi connectivity index (χ4n) is 9.81. The fourth-order valence-corrected chi connectivity index (χ4v) is 10.1. The SMILES string of the molecule is NC(=O)c1nnc(N2CCC(CN3CCN(c4cc5c(cc4F)C(=O)N([C@@H]4CCC(=O)NC4=O)C5=O)CC3)CC2)cc1C1(O[C@@]2(c3ncon3)C=CC=CC2Cl)CCCCC1. The number of aromatic nitrogens is 4. The molecule has 61 heavy (non-hydrogen) atoms. The summed E-state index contributed by atoms with van der Waals surface area (Å²) in [6.45, 7) is 4.69. The Bertz CT molecular complexity index is 2300. The topological polar surface area (TPSA) is 210 Å². The second-order valence-electron chi connectivity index (χ2n) is 16.7. The molecule has 0 radical (unpaired) electrons. The van der Waals surface area contributed by atoms with Crippen molar-refractivity contribution in [3.63, 3.8) is 0 Å². The van der Waals surface area contributed by atoms with Crippen LogP contribution in [0.3, 0.4) is 0 Å². The molecule has 3 atom stereocenters. The number of hydrogen-bond donors (Lipinski definition) is 2. The van der Waals surface area contributed by atoms with Crippen LogP contribution in [0.15, 0.2) is 53.4 Å². The highest BCUT2D eigenvalue weighted by Gasteiger charge is 2.52. The van der Waals surface area contributed by atoms with Gasteiger partial charge in [0.15, 0.2) is 17.1 Å². The Hall–Kier alpha value is -5.59. The van der Waals surface area contributed by atoms with Crippen LogP contribution in [-0.4, -0.2) is 117 Å². The lowest BCUT2D eigenvalue weighted by molar-refractivity contribution is -0.163. The Morgan fingerprint density at radius 2 is 1.67 bits per heavy atom. The number of ether oxygens (including phenoxy) is 1. The molecular formula is C42H46ClFN10O7. The molecule has 1 saturated carbocycles. The van der Waals surface area contributed by atoms with Gasteiger partial charge in [0.1, 0.15) is 11.9 Å². The number of anilines is 2. The van der Waals surface area contributed by atoms with Crippen molar-refractivity contribution in [2.75, 3.05) is 55.6 Å². The Balaban J connectivity index is 0.850. The molecule has 5 amide bonds. The number of benzene rings is 1. The zero-order valence-electron chi connectivity index (χ0n) is 33.4. The van der Waals surface area contributed by atoms with Crippen LogP contribution in [-0.2, 0) is 25.5 Å². The van der Waals surface area contributed by atoms with Gasteiger partial charge < -0.3 is 24.8 Å². The number of piperidine rings is 2. The summed E-state index contributed by atoms with van der Waals surface area (Å²) in [5.74, 6) is -2.59. The van der Waals surface area contributed by atoms with E-state index in [4.69, 9.17) is 26.6 Å². The molecule has 19 heteroatoms. The van der Waals surface area contributed by atoms with Crippen molar-refractivity contribution in [2.24, 2.45) is 11.7 Å². The third-order valence-electron chi connectivity index (χ3n) is 13.1. The highest BCUT2D eigenvalue weighted by molar-refractivity contribution is 6.24. The van der Waals surface area contributed by atoms with Crippen LogP contribution in [0.2, 0.25) is 0 Å². The van der Waals surface area contributed by atoms with Crippen molar-refractivity contribution >= 4 is 52.6 Å². The standard InChI is InChI=1S/C42H46ClFN10O7/c43-32-6-2-5-13-42(32,40-46-24-60-50-40)61-41(11-3-1-4-12-41)28-22-33(48-49-35(28)36(45)56)53-14-9-25(10-15-53)23-51-16-18-52(19-17-51)31-21-27-26(20-29(31)44)38(58)54(39(27)59)30-7-8-34(55)47-37(30)57/h2,5-6,13,20-22,24-25,30,32H,1,3-4,7-12,14-19,23H2,(H2,45,56)(H,47,55,57)/t30-,32?,42+/m1/s1. The van der Waals surface area contributed by atoms with E-state index in [1.54, 1.807) is 0 Å². The van der Waals surface area contributed by atoms with Crippen LogP contribution < -0.4 is 20.9 Å². The number of alkyl halides is 1. The summed E-state index contributed by atoms with van der Waals surface area (Å²) in [4.78, 5) is 75.3. The smallest absolute Gasteiger partial charge is 0.269 e. The largest absolute Gasteiger partial charge is 0.367 e. The molecule has 4 fully saturated rings. The molecule has 320 valence electrons. The maximum atomic E-state index is 15.6. The number of hydrogen-bond acceptors (Lipinski definition) is 14. The Morgan fingerprint density at radius 3 is 2.34 bits per heavy atom. The molecule has 2 aromatic heterocycles. The number of amides is 5. The minimum Gasteiger partial charge on any atom is -0.367 e. The molecule has 17 nitrogen and oxygen atoms in total. The predicted octanol–water partition coefficient (Wildman–Crippen LogP) is 3.34. The number of carbonyl (C=O) groups is 5. The number of rotatable bonds is 10. The third kappa shape index (κ3) is 7.47. The second kappa shape index (κ2) is 16.4. The summed E-state index contributed by atoms with van der Waals surface area (Å²) in [5.41, 5.74) is 4.51. The zero-order valence-corrected chi connectivity index (χ0v) is 34.2. The zero-order chi connectivity index (χ0) is 42.5. The number of imide groups is 2. The third-order valence-corrected chi connectivity index (χ3v) is 13.5. The maximum Gasteiger partial charge on any atom is 0.269 e. The minimum absolute atomic E-state index is 0.00338. The van der Waals surface area contributed by atoms with Crippen molar-refractivity contribution in [2.45, 2.75) is 80.4 Å². The van der Waals surface area contributed by atoms with Crippen LogP contribution in [0.4, 0.5) is 15.9 Å². The molecule has 1 unspecified atom stereocenters. The average molecular weight is 857 g/mol. The average Bonchev–Trinajstić information content (AvgIpc) is 3.89. The Kier molecular flexibility index (Phi) is 10.9. The van der Waals surface area contributed by atoms with Gasteiger partial charge in [-0.15, -0.1) is 21.8 Å². The lowest BCUT2D eigenvalue weighted by Crippen LogP contribution is -2.54. The molecule has 9 rings (SSSR count). The Morgan fingerprint density at radius 1 is 0.934 bits per heavy atom. The molecule has 3 N–H and O–H groups in total. The normalized spacial score (nSPS) is 25.9. The van der Waals surface area contributed by atoms with E-state index >= 15 is 4.39 Å². The van der Waals surface area contributed by atoms with E-state index in [0.29, 0.717) is 56.3 Å². The van der Waals surface area contributed by atoms with E-state index in [0.717, 1.165) is 62.7 Å².